The highest BCUT2D eigenvalue weighted by Crippen LogP contribution is 2.42. The lowest BCUT2D eigenvalue weighted by atomic mass is 9.85. The largest absolute Gasteiger partial charge is 0.391 e. The van der Waals surface area contributed by atoms with Crippen LogP contribution in [0.4, 0.5) is 0 Å². The van der Waals surface area contributed by atoms with Gasteiger partial charge in [-0.25, -0.2) is 4.98 Å². The molecule has 0 spiro atoms. The number of aliphatic imine (C=N–C) groups is 2. The first kappa shape index (κ1) is 86.7. The Bertz CT molecular complexity index is 4470. The highest BCUT2D eigenvalue weighted by atomic mass is 35.5. The second kappa shape index (κ2) is 40.6. The SMILES string of the molecule is Cc1ncsc1-c1ccc(CNC(=O)[C@@H]2C[C@@H](O)CN2C(=O)[C@@H](NC(=O)COCCOCC(C)(COCCOCCOCCNC(=O)C[C@@H]2N=C(c3ccc(Cl)cc3)c3c(sc(C)c3C)-n3c(C)nnc32)COCCOCCOCCNC(=O)C[C@@H]2N=C(c3ccc(Cl)cc3)c3c(sc(C)c3C)-n3c(C)nnc32)C(C)(C)C)cc1. The number of aryl methyl sites for hydroxylation is 5. The number of likely N-dealkylation sites (tertiary alicyclic amines) is 1. The summed E-state index contributed by atoms with van der Waals surface area (Å²) in [5.41, 5.74) is 10.7. The molecule has 3 aliphatic heterocycles. The quantitative estimate of drug-likeness (QED) is 0.0222. The number of hydrogen-bond donors (Lipinski definition) is 5. The maximum atomic E-state index is 14.3. The zero-order chi connectivity index (χ0) is 81.2. The molecular weight excluding hydrogens is 1560 g/mol. The molecule has 8 heterocycles. The molecule has 612 valence electrons. The molecule has 28 nitrogen and oxygen atoms in total. The van der Waals surface area contributed by atoms with Crippen LogP contribution in [0.1, 0.15) is 137 Å². The average Bonchev–Trinajstić information content (AvgIpc) is 1.60. The summed E-state index contributed by atoms with van der Waals surface area (Å²) in [4.78, 5) is 88.1. The standard InChI is InChI=1S/C81H102Cl2N14O14S3/c1-48-51(4)113-78-68(48)70(56-16-20-59(82)21-17-56)88-62(74-93-91-53(6)96(74)78)39-65(99)84-24-26-104-28-30-106-32-35-109-44-81(11,45-110-36-33-107-31-29-105-27-25-85-66(100)40-63-75-94-92-54(7)97(75)79-69(49(2)52(5)114-79)71(89-63)57-18-22-60(83)23-19-57)46-111-37-34-108-43-67(101)90-73(80(8,9)10)77(103)95-42-61(98)38-64(95)76(102)86-41-55-12-14-58(15-13-55)72-50(3)87-47-112-72/h12-23,47,61-64,73,98H,24-46H2,1-11H3,(H,84,99)(H,85,100)(H,86,102)(H,90,101)/t61-,62+,63+,64+,73-/m1/s1. The van der Waals surface area contributed by atoms with Crippen molar-refractivity contribution in [2.24, 2.45) is 20.8 Å². The second-order valence-electron chi connectivity index (χ2n) is 29.8. The third kappa shape index (κ3) is 22.5. The first-order valence-corrected chi connectivity index (χ1v) is 41.5. The van der Waals surface area contributed by atoms with E-state index < -0.39 is 58.8 Å². The van der Waals surface area contributed by atoms with Crippen LogP contribution in [0.5, 0.6) is 0 Å². The number of nitrogens with zero attached hydrogens (tertiary/aromatic N) is 10. The van der Waals surface area contributed by atoms with Gasteiger partial charge in [0.25, 0.3) is 0 Å². The van der Waals surface area contributed by atoms with Crippen molar-refractivity contribution >= 4 is 98.2 Å². The fourth-order valence-corrected chi connectivity index (χ4v) is 17.0. The number of halogens is 2. The molecule has 1 saturated heterocycles. The number of hydrogen-bond acceptors (Lipinski definition) is 24. The number of thiophene rings is 2. The third-order valence-electron chi connectivity index (χ3n) is 19.8. The van der Waals surface area contributed by atoms with Crippen LogP contribution in [0.3, 0.4) is 0 Å². The number of thiazole rings is 1. The van der Waals surface area contributed by atoms with Gasteiger partial charge in [0.1, 0.15) is 52.4 Å². The number of ether oxygens (including phenoxy) is 8. The molecule has 33 heteroatoms. The first-order valence-electron chi connectivity index (χ1n) is 38.2. The van der Waals surface area contributed by atoms with E-state index in [4.69, 9.17) is 71.1 Å². The Morgan fingerprint density at radius 1 is 0.553 bits per heavy atom. The summed E-state index contributed by atoms with van der Waals surface area (Å²) >= 11 is 17.4. The van der Waals surface area contributed by atoms with Gasteiger partial charge in [0, 0.05) is 80.1 Å². The number of β-amino-alcohol motifs (C(OH)–C–C–N with tert-alkyl or cyclic N) is 1. The summed E-state index contributed by atoms with van der Waals surface area (Å²) in [5, 5.41) is 43.5. The summed E-state index contributed by atoms with van der Waals surface area (Å²) in [6.07, 6.45) is -0.779. The van der Waals surface area contributed by atoms with Crippen LogP contribution in [0.2, 0.25) is 10.0 Å². The average molecular weight is 1660 g/mol. The number of aromatic nitrogens is 7. The summed E-state index contributed by atoms with van der Waals surface area (Å²) in [5.74, 6) is 0.753. The Labute approximate surface area is 686 Å². The van der Waals surface area contributed by atoms with E-state index in [1.54, 1.807) is 39.5 Å². The van der Waals surface area contributed by atoms with Crippen molar-refractivity contribution in [1.82, 2.24) is 60.7 Å². The van der Waals surface area contributed by atoms with E-state index in [0.717, 1.165) is 86.3 Å². The van der Waals surface area contributed by atoms with Crippen molar-refractivity contribution in [3.05, 3.63) is 166 Å². The predicted octanol–water partition coefficient (Wildman–Crippen LogP) is 10.0. The van der Waals surface area contributed by atoms with Gasteiger partial charge in [0.05, 0.1) is 146 Å². The smallest absolute Gasteiger partial charge is 0.246 e. The minimum atomic E-state index is -1.04. The van der Waals surface area contributed by atoms with E-state index in [1.807, 2.05) is 130 Å². The van der Waals surface area contributed by atoms with E-state index in [0.29, 0.717) is 33.3 Å². The highest BCUT2D eigenvalue weighted by molar-refractivity contribution is 7.15. The van der Waals surface area contributed by atoms with Crippen LogP contribution in [0, 0.1) is 59.3 Å². The molecule has 11 rings (SSSR count). The molecule has 3 aliphatic rings. The molecule has 3 aromatic carbocycles. The number of rotatable bonds is 41. The molecule has 0 radical (unpaired) electrons. The number of carbonyl (C=O) groups excluding carboxylic acids is 5. The minimum absolute atomic E-state index is 0.0459. The van der Waals surface area contributed by atoms with Gasteiger partial charge >= 0.3 is 0 Å². The summed E-state index contributed by atoms with van der Waals surface area (Å²) in [7, 11) is 0. The van der Waals surface area contributed by atoms with Crippen molar-refractivity contribution in [1.29, 1.82) is 0 Å². The van der Waals surface area contributed by atoms with Crippen LogP contribution in [0.15, 0.2) is 88.3 Å². The van der Waals surface area contributed by atoms with Gasteiger partial charge in [-0.2, -0.15) is 0 Å². The number of amides is 5. The van der Waals surface area contributed by atoms with E-state index in [1.165, 1.54) is 4.90 Å². The molecule has 114 heavy (non-hydrogen) atoms. The Kier molecular flexibility index (Phi) is 30.9. The molecular formula is C81H102Cl2N14O14S3. The van der Waals surface area contributed by atoms with Crippen LogP contribution in [0.25, 0.3) is 20.4 Å². The molecule has 0 unspecified atom stereocenters. The van der Waals surface area contributed by atoms with Gasteiger partial charge in [0.2, 0.25) is 29.5 Å². The number of nitrogens with one attached hydrogen (secondary N) is 4. The molecule has 5 atom stereocenters. The molecule has 0 aliphatic carbocycles. The summed E-state index contributed by atoms with van der Waals surface area (Å²) < 4.78 is 51.6. The number of aliphatic hydroxyl groups is 1. The van der Waals surface area contributed by atoms with Crippen molar-refractivity contribution in [2.75, 3.05) is 125 Å². The number of carbonyl (C=O) groups is 5. The van der Waals surface area contributed by atoms with Crippen molar-refractivity contribution in [3.63, 3.8) is 0 Å². The van der Waals surface area contributed by atoms with Crippen LogP contribution in [-0.2, 0) is 68.4 Å². The monoisotopic (exact) mass is 1660 g/mol. The number of benzene rings is 3. The van der Waals surface area contributed by atoms with E-state index in [9.17, 15) is 29.1 Å². The molecule has 1 fully saturated rings. The summed E-state index contributed by atoms with van der Waals surface area (Å²) in [6, 6.07) is 19.7. The lowest BCUT2D eigenvalue weighted by Gasteiger charge is -2.35. The minimum Gasteiger partial charge on any atom is -0.391 e. The van der Waals surface area contributed by atoms with Gasteiger partial charge in [-0.1, -0.05) is 99.4 Å². The highest BCUT2D eigenvalue weighted by Gasteiger charge is 2.45. The number of aliphatic hydroxyl groups excluding tert-OH is 1. The van der Waals surface area contributed by atoms with Crippen molar-refractivity contribution < 1.29 is 67.0 Å². The summed E-state index contributed by atoms with van der Waals surface area (Å²) in [6.45, 7) is 25.4. The lowest BCUT2D eigenvalue weighted by molar-refractivity contribution is -0.144. The van der Waals surface area contributed by atoms with Gasteiger partial charge < -0.3 is 69.2 Å². The fourth-order valence-electron chi connectivity index (χ4n) is 13.5. The Balaban J connectivity index is 0.603. The Morgan fingerprint density at radius 3 is 1.44 bits per heavy atom. The predicted molar refractivity (Wildman–Crippen MR) is 438 cm³/mol. The lowest BCUT2D eigenvalue weighted by Crippen LogP contribution is -2.58. The van der Waals surface area contributed by atoms with Gasteiger partial charge in [-0.15, -0.1) is 54.4 Å². The van der Waals surface area contributed by atoms with Crippen molar-refractivity contribution in [3.8, 4) is 20.4 Å². The van der Waals surface area contributed by atoms with Crippen LogP contribution < -0.4 is 21.3 Å². The van der Waals surface area contributed by atoms with E-state index in [-0.39, 0.29) is 163 Å². The molecule has 5 N–H and O–H groups in total. The number of fused-ring (bicyclic) bond motifs is 6. The first-order chi connectivity index (χ1) is 54.7. The Hall–Kier alpha value is -8.12. The molecule has 5 aromatic heterocycles. The van der Waals surface area contributed by atoms with Crippen LogP contribution in [-0.4, -0.2) is 229 Å². The fraction of sp³-hybridized carbons (Fsp3) is 0.506. The third-order valence-corrected chi connectivity index (χ3v) is 23.6. The molecule has 0 bridgehead atoms. The molecule has 5 amide bonds. The van der Waals surface area contributed by atoms with Crippen molar-refractivity contribution in [2.45, 2.75) is 132 Å². The van der Waals surface area contributed by atoms with Gasteiger partial charge in [0.15, 0.2) is 11.6 Å². The zero-order valence-corrected chi connectivity index (χ0v) is 70.3. The maximum Gasteiger partial charge on any atom is 0.246 e. The zero-order valence-electron chi connectivity index (χ0n) is 66.4. The molecule has 8 aromatic rings. The Morgan fingerprint density at radius 2 is 0.991 bits per heavy atom. The van der Waals surface area contributed by atoms with Crippen LogP contribution >= 0.6 is 57.2 Å². The van der Waals surface area contributed by atoms with E-state index >= 15 is 0 Å². The topological polar surface area (TPSA) is 330 Å². The van der Waals surface area contributed by atoms with Gasteiger partial charge in [-0.05, 0) is 100 Å². The van der Waals surface area contributed by atoms with Gasteiger partial charge in [-0.3, -0.25) is 43.1 Å². The second-order valence-corrected chi connectivity index (χ2v) is 34.0. The maximum absolute atomic E-state index is 14.3. The molecule has 0 saturated carbocycles. The van der Waals surface area contributed by atoms with E-state index in [2.05, 4.69) is 74.3 Å². The normalized spacial score (nSPS) is 16.3.